The van der Waals surface area contributed by atoms with Gasteiger partial charge in [0.25, 0.3) is 0 Å². The first kappa shape index (κ1) is 18.2. The number of hydrogen-bond acceptors (Lipinski definition) is 2. The van der Waals surface area contributed by atoms with E-state index in [1.54, 1.807) is 11.8 Å². The van der Waals surface area contributed by atoms with Gasteiger partial charge in [-0.15, -0.1) is 0 Å². The van der Waals surface area contributed by atoms with Crippen LogP contribution in [0.25, 0.3) is 0 Å². The van der Waals surface area contributed by atoms with E-state index < -0.39 is 0 Å². The standard InChI is InChI=1S/C18H28N2O2/c1-12-10-13(2)17(14(3)11-12)20(15(4)21)9-8-16(22)19-18(5,6)7/h10-11H,8-9H2,1-7H3,(H,19,22). The van der Waals surface area contributed by atoms with Crippen LogP contribution >= 0.6 is 0 Å². The average molecular weight is 304 g/mol. The highest BCUT2D eigenvalue weighted by atomic mass is 16.2. The minimum absolute atomic E-state index is 0.0406. The van der Waals surface area contributed by atoms with E-state index in [4.69, 9.17) is 0 Å². The molecule has 2 amide bonds. The van der Waals surface area contributed by atoms with Gasteiger partial charge in [0.15, 0.2) is 0 Å². The van der Waals surface area contributed by atoms with Crippen LogP contribution in [-0.2, 0) is 9.59 Å². The number of nitrogens with one attached hydrogen (secondary N) is 1. The zero-order valence-corrected chi connectivity index (χ0v) is 14.8. The SMILES string of the molecule is CC(=O)N(CCC(=O)NC(C)(C)C)c1c(C)cc(C)cc1C. The van der Waals surface area contributed by atoms with E-state index >= 15 is 0 Å². The highest BCUT2D eigenvalue weighted by Gasteiger charge is 2.19. The molecule has 0 saturated heterocycles. The molecule has 1 rings (SSSR count). The molecule has 22 heavy (non-hydrogen) atoms. The topological polar surface area (TPSA) is 49.4 Å². The van der Waals surface area contributed by atoms with Gasteiger partial charge in [0.1, 0.15) is 0 Å². The molecule has 0 aromatic heterocycles. The first-order chi connectivity index (χ1) is 10.0. The summed E-state index contributed by atoms with van der Waals surface area (Å²) >= 11 is 0. The van der Waals surface area contributed by atoms with Crippen molar-refractivity contribution in [1.82, 2.24) is 5.32 Å². The number of amides is 2. The molecule has 1 N–H and O–H groups in total. The van der Waals surface area contributed by atoms with E-state index in [2.05, 4.69) is 17.4 Å². The second kappa shape index (κ2) is 6.95. The van der Waals surface area contributed by atoms with Crippen molar-refractivity contribution in [3.63, 3.8) is 0 Å². The molecule has 4 nitrogen and oxygen atoms in total. The summed E-state index contributed by atoms with van der Waals surface area (Å²) < 4.78 is 0. The Labute approximate surface area is 133 Å². The predicted molar refractivity (Wildman–Crippen MR) is 91.2 cm³/mol. The van der Waals surface area contributed by atoms with Gasteiger partial charge in [-0.2, -0.15) is 0 Å². The lowest BCUT2D eigenvalue weighted by atomic mass is 10.0. The monoisotopic (exact) mass is 304 g/mol. The van der Waals surface area contributed by atoms with Crippen LogP contribution in [-0.4, -0.2) is 23.9 Å². The molecule has 0 atom stereocenters. The Morgan fingerprint density at radius 1 is 1.09 bits per heavy atom. The first-order valence-corrected chi connectivity index (χ1v) is 7.68. The Bertz CT molecular complexity index is 548. The number of anilines is 1. The molecule has 0 aliphatic rings. The second-order valence-electron chi connectivity index (χ2n) is 6.97. The summed E-state index contributed by atoms with van der Waals surface area (Å²) in [6.45, 7) is 13.8. The number of carbonyl (C=O) groups excluding carboxylic acids is 2. The first-order valence-electron chi connectivity index (χ1n) is 7.68. The molecular weight excluding hydrogens is 276 g/mol. The van der Waals surface area contributed by atoms with E-state index in [1.165, 1.54) is 5.56 Å². The fourth-order valence-electron chi connectivity index (χ4n) is 2.72. The molecule has 0 aliphatic heterocycles. The van der Waals surface area contributed by atoms with Gasteiger partial charge in [0.2, 0.25) is 11.8 Å². The number of benzene rings is 1. The smallest absolute Gasteiger partial charge is 0.223 e. The molecule has 0 heterocycles. The lowest BCUT2D eigenvalue weighted by molar-refractivity contribution is -0.122. The van der Waals surface area contributed by atoms with Gasteiger partial charge in [-0.3, -0.25) is 9.59 Å². The molecule has 0 spiro atoms. The van der Waals surface area contributed by atoms with Crippen molar-refractivity contribution in [1.29, 1.82) is 0 Å². The highest BCUT2D eigenvalue weighted by molar-refractivity contribution is 5.94. The van der Waals surface area contributed by atoms with Crippen molar-refractivity contribution in [2.75, 3.05) is 11.4 Å². The number of rotatable bonds is 4. The maximum atomic E-state index is 12.0. The maximum Gasteiger partial charge on any atom is 0.223 e. The Hall–Kier alpha value is -1.84. The Morgan fingerprint density at radius 3 is 2.00 bits per heavy atom. The fourth-order valence-corrected chi connectivity index (χ4v) is 2.72. The van der Waals surface area contributed by atoms with Crippen molar-refractivity contribution in [3.8, 4) is 0 Å². The molecule has 4 heteroatoms. The largest absolute Gasteiger partial charge is 0.351 e. The van der Waals surface area contributed by atoms with Gasteiger partial charge in [0, 0.05) is 31.1 Å². The summed E-state index contributed by atoms with van der Waals surface area (Å²) in [6, 6.07) is 4.13. The average Bonchev–Trinajstić information content (AvgIpc) is 2.29. The summed E-state index contributed by atoms with van der Waals surface area (Å²) in [5.41, 5.74) is 3.95. The molecule has 0 unspecified atom stereocenters. The molecule has 0 radical (unpaired) electrons. The van der Waals surface area contributed by atoms with Crippen LogP contribution in [0.4, 0.5) is 5.69 Å². The van der Waals surface area contributed by atoms with Crippen LogP contribution in [0.1, 0.15) is 50.8 Å². The Kier molecular flexibility index (Phi) is 5.75. The van der Waals surface area contributed by atoms with E-state index in [0.29, 0.717) is 13.0 Å². The van der Waals surface area contributed by atoms with E-state index in [-0.39, 0.29) is 17.4 Å². The number of nitrogens with zero attached hydrogens (tertiary/aromatic N) is 1. The lowest BCUT2D eigenvalue weighted by Crippen LogP contribution is -2.42. The summed E-state index contributed by atoms with van der Waals surface area (Å²) in [5.74, 6) is -0.0835. The summed E-state index contributed by atoms with van der Waals surface area (Å²) in [6.07, 6.45) is 0.295. The number of aryl methyl sites for hydroxylation is 3. The molecular formula is C18H28N2O2. The molecule has 0 fully saturated rings. The number of hydrogen-bond donors (Lipinski definition) is 1. The van der Waals surface area contributed by atoms with Gasteiger partial charge in [0.05, 0.1) is 0 Å². The second-order valence-corrected chi connectivity index (χ2v) is 6.97. The van der Waals surface area contributed by atoms with Crippen LogP contribution in [0.5, 0.6) is 0 Å². The van der Waals surface area contributed by atoms with Gasteiger partial charge in [-0.25, -0.2) is 0 Å². The van der Waals surface area contributed by atoms with Gasteiger partial charge in [-0.1, -0.05) is 17.7 Å². The van der Waals surface area contributed by atoms with Gasteiger partial charge in [-0.05, 0) is 52.7 Å². The normalized spacial score (nSPS) is 11.2. The zero-order valence-electron chi connectivity index (χ0n) is 14.8. The molecule has 0 saturated carbocycles. The molecule has 0 aliphatic carbocycles. The minimum atomic E-state index is -0.256. The Balaban J connectivity index is 2.93. The minimum Gasteiger partial charge on any atom is -0.351 e. The van der Waals surface area contributed by atoms with Crippen molar-refractivity contribution < 1.29 is 9.59 Å². The predicted octanol–water partition coefficient (Wildman–Crippen LogP) is 3.27. The van der Waals surface area contributed by atoms with Crippen LogP contribution in [0.2, 0.25) is 0 Å². The lowest BCUT2D eigenvalue weighted by Gasteiger charge is -2.26. The fraction of sp³-hybridized carbons (Fsp3) is 0.556. The quantitative estimate of drug-likeness (QED) is 0.928. The molecule has 122 valence electrons. The van der Waals surface area contributed by atoms with E-state index in [0.717, 1.165) is 16.8 Å². The number of carbonyl (C=O) groups is 2. The molecule has 0 bridgehead atoms. The van der Waals surface area contributed by atoms with Crippen molar-refractivity contribution in [2.45, 2.75) is 60.4 Å². The zero-order chi connectivity index (χ0) is 17.1. The third-order valence-corrected chi connectivity index (χ3v) is 3.36. The maximum absolute atomic E-state index is 12.0. The van der Waals surface area contributed by atoms with E-state index in [9.17, 15) is 9.59 Å². The van der Waals surface area contributed by atoms with Crippen LogP contribution in [0, 0.1) is 20.8 Å². The Morgan fingerprint density at radius 2 is 1.59 bits per heavy atom. The highest BCUT2D eigenvalue weighted by Crippen LogP contribution is 2.26. The van der Waals surface area contributed by atoms with Crippen molar-refractivity contribution >= 4 is 17.5 Å². The van der Waals surface area contributed by atoms with Crippen LogP contribution in [0.15, 0.2) is 12.1 Å². The molecule has 1 aromatic rings. The van der Waals surface area contributed by atoms with Gasteiger partial charge >= 0.3 is 0 Å². The van der Waals surface area contributed by atoms with Crippen LogP contribution < -0.4 is 10.2 Å². The summed E-state index contributed by atoms with van der Waals surface area (Å²) in [5, 5.41) is 2.93. The van der Waals surface area contributed by atoms with Crippen molar-refractivity contribution in [3.05, 3.63) is 28.8 Å². The van der Waals surface area contributed by atoms with Crippen molar-refractivity contribution in [2.24, 2.45) is 0 Å². The van der Waals surface area contributed by atoms with Gasteiger partial charge < -0.3 is 10.2 Å². The summed E-state index contributed by atoms with van der Waals surface area (Å²) in [7, 11) is 0. The molecule has 1 aromatic carbocycles. The van der Waals surface area contributed by atoms with Crippen LogP contribution in [0.3, 0.4) is 0 Å². The third-order valence-electron chi connectivity index (χ3n) is 3.36. The summed E-state index contributed by atoms with van der Waals surface area (Å²) in [4.78, 5) is 25.7. The van der Waals surface area contributed by atoms with E-state index in [1.807, 2.05) is 41.5 Å². The third kappa shape index (κ3) is 5.17.